The molecule has 1 aliphatic heterocycles. The molecule has 0 unspecified atom stereocenters. The number of nitrogens with zero attached hydrogens (tertiary/aromatic N) is 1. The highest BCUT2D eigenvalue weighted by Gasteiger charge is 2.23. The third-order valence-electron chi connectivity index (χ3n) is 3.06. The summed E-state index contributed by atoms with van der Waals surface area (Å²) in [4.78, 5) is 28.0. The van der Waals surface area contributed by atoms with Crippen molar-refractivity contribution in [1.82, 2.24) is 5.32 Å². The number of benzene rings is 2. The van der Waals surface area contributed by atoms with Crippen LogP contribution in [0.5, 0.6) is 5.75 Å². The zero-order valence-corrected chi connectivity index (χ0v) is 13.7. The Labute approximate surface area is 143 Å². The Hall–Kier alpha value is -2.86. The number of thioether (sulfide) groups is 1. The predicted octanol–water partition coefficient (Wildman–Crippen LogP) is 3.50. The molecule has 120 valence electrons. The van der Waals surface area contributed by atoms with Crippen molar-refractivity contribution in [2.45, 2.75) is 6.92 Å². The van der Waals surface area contributed by atoms with Gasteiger partial charge in [0.05, 0.1) is 10.6 Å². The molecule has 1 heterocycles. The molecule has 0 aliphatic carbocycles. The summed E-state index contributed by atoms with van der Waals surface area (Å²) in [6.45, 7) is 1.34. The van der Waals surface area contributed by atoms with Crippen LogP contribution in [0.2, 0.25) is 0 Å². The summed E-state index contributed by atoms with van der Waals surface area (Å²) < 4.78 is 5.05. The smallest absolute Gasteiger partial charge is 0.308 e. The molecule has 6 heteroatoms. The summed E-state index contributed by atoms with van der Waals surface area (Å²) in [6.07, 6.45) is 1.74. The van der Waals surface area contributed by atoms with Gasteiger partial charge in [0.2, 0.25) is 0 Å². The number of esters is 1. The summed E-state index contributed by atoms with van der Waals surface area (Å²) >= 11 is 1.27. The quantitative estimate of drug-likeness (QED) is 0.528. The van der Waals surface area contributed by atoms with Gasteiger partial charge in [-0.15, -0.1) is 0 Å². The largest absolute Gasteiger partial charge is 0.427 e. The van der Waals surface area contributed by atoms with Crippen LogP contribution in [-0.4, -0.2) is 17.0 Å². The second-order valence-corrected chi connectivity index (χ2v) is 6.01. The molecule has 0 saturated carbocycles. The van der Waals surface area contributed by atoms with Crippen molar-refractivity contribution in [3.05, 3.63) is 65.1 Å². The van der Waals surface area contributed by atoms with Gasteiger partial charge in [0.1, 0.15) is 5.75 Å². The van der Waals surface area contributed by atoms with Crippen LogP contribution in [-0.2, 0) is 9.59 Å². The van der Waals surface area contributed by atoms with Crippen LogP contribution in [0, 0.1) is 0 Å². The lowest BCUT2D eigenvalue weighted by molar-refractivity contribution is -0.131. The van der Waals surface area contributed by atoms with Gasteiger partial charge in [-0.3, -0.25) is 9.59 Å². The summed E-state index contributed by atoms with van der Waals surface area (Å²) in [7, 11) is 0. The summed E-state index contributed by atoms with van der Waals surface area (Å²) in [5, 5.41) is 3.28. The molecule has 2 aromatic rings. The van der Waals surface area contributed by atoms with Gasteiger partial charge >= 0.3 is 5.97 Å². The maximum absolute atomic E-state index is 12.1. The van der Waals surface area contributed by atoms with Crippen molar-refractivity contribution in [1.29, 1.82) is 0 Å². The van der Waals surface area contributed by atoms with E-state index < -0.39 is 0 Å². The lowest BCUT2D eigenvalue weighted by atomic mass is 10.2. The Balaban J connectivity index is 1.80. The number of hydrogen-bond donors (Lipinski definition) is 1. The molecule has 24 heavy (non-hydrogen) atoms. The molecule has 3 rings (SSSR count). The average molecular weight is 338 g/mol. The molecular formula is C18H14N2O3S. The number of nitrogens with one attached hydrogen (secondary N) is 1. The number of rotatable bonds is 3. The van der Waals surface area contributed by atoms with Crippen molar-refractivity contribution in [3.8, 4) is 5.75 Å². The zero-order valence-electron chi connectivity index (χ0n) is 12.9. The van der Waals surface area contributed by atoms with Crippen LogP contribution in [0.3, 0.4) is 0 Å². The maximum Gasteiger partial charge on any atom is 0.308 e. The Kier molecular flexibility index (Phi) is 4.77. The number of ether oxygens (including phenoxy) is 1. The number of amidine groups is 1. The Morgan fingerprint density at radius 2 is 1.96 bits per heavy atom. The van der Waals surface area contributed by atoms with Crippen LogP contribution in [0.15, 0.2) is 64.5 Å². The van der Waals surface area contributed by atoms with E-state index in [1.165, 1.54) is 18.7 Å². The van der Waals surface area contributed by atoms with Crippen molar-refractivity contribution in [3.63, 3.8) is 0 Å². The first-order valence-corrected chi connectivity index (χ1v) is 8.05. The second-order valence-electron chi connectivity index (χ2n) is 4.98. The number of carbonyl (C=O) groups excluding carboxylic acids is 2. The number of para-hydroxylation sites is 1. The van der Waals surface area contributed by atoms with Gasteiger partial charge in [-0.1, -0.05) is 30.3 Å². The van der Waals surface area contributed by atoms with E-state index in [0.717, 1.165) is 11.3 Å². The number of aliphatic imine (C=N–C) groups is 1. The predicted molar refractivity (Wildman–Crippen MR) is 95.0 cm³/mol. The van der Waals surface area contributed by atoms with Crippen molar-refractivity contribution in [2.24, 2.45) is 4.99 Å². The van der Waals surface area contributed by atoms with Crippen LogP contribution in [0.4, 0.5) is 5.69 Å². The van der Waals surface area contributed by atoms with E-state index in [1.807, 2.05) is 36.4 Å². The minimum atomic E-state index is -0.384. The topological polar surface area (TPSA) is 67.8 Å². The number of amides is 1. The van der Waals surface area contributed by atoms with E-state index in [4.69, 9.17) is 4.74 Å². The third kappa shape index (κ3) is 4.11. The molecule has 0 radical (unpaired) electrons. The van der Waals surface area contributed by atoms with E-state index in [9.17, 15) is 9.59 Å². The van der Waals surface area contributed by atoms with Gasteiger partial charge in [0.15, 0.2) is 5.17 Å². The van der Waals surface area contributed by atoms with E-state index in [0.29, 0.717) is 15.8 Å². The summed E-state index contributed by atoms with van der Waals surface area (Å²) in [5.41, 5.74) is 1.55. The molecule has 1 fully saturated rings. The van der Waals surface area contributed by atoms with Crippen LogP contribution in [0.25, 0.3) is 6.08 Å². The van der Waals surface area contributed by atoms with Crippen molar-refractivity contribution < 1.29 is 14.3 Å². The minimum absolute atomic E-state index is 0.201. The maximum atomic E-state index is 12.1. The van der Waals surface area contributed by atoms with E-state index in [1.54, 1.807) is 24.3 Å². The van der Waals surface area contributed by atoms with E-state index >= 15 is 0 Å². The minimum Gasteiger partial charge on any atom is -0.427 e. The SMILES string of the molecule is CC(=O)Oc1cccc(/C=C2\SC(=Nc3ccccc3)NC2=O)c1. The first-order valence-electron chi connectivity index (χ1n) is 7.23. The molecule has 1 saturated heterocycles. The highest BCUT2D eigenvalue weighted by atomic mass is 32.2. The van der Waals surface area contributed by atoms with Gasteiger partial charge in [-0.05, 0) is 47.7 Å². The molecule has 1 N–H and O–H groups in total. The first kappa shape index (κ1) is 16.0. The highest BCUT2D eigenvalue weighted by Crippen LogP contribution is 2.28. The molecule has 0 aromatic heterocycles. The zero-order chi connectivity index (χ0) is 16.9. The van der Waals surface area contributed by atoms with Gasteiger partial charge in [-0.25, -0.2) is 4.99 Å². The number of hydrogen-bond acceptors (Lipinski definition) is 5. The molecule has 0 spiro atoms. The van der Waals surface area contributed by atoms with Crippen LogP contribution >= 0.6 is 11.8 Å². The van der Waals surface area contributed by atoms with Crippen LogP contribution in [0.1, 0.15) is 12.5 Å². The lowest BCUT2D eigenvalue weighted by Crippen LogP contribution is -2.19. The Morgan fingerprint density at radius 3 is 2.71 bits per heavy atom. The third-order valence-corrected chi connectivity index (χ3v) is 3.97. The van der Waals surface area contributed by atoms with Gasteiger partial charge < -0.3 is 10.1 Å². The molecule has 0 bridgehead atoms. The van der Waals surface area contributed by atoms with Crippen molar-refractivity contribution >= 4 is 40.6 Å². The standard InChI is InChI=1S/C18H14N2O3S/c1-12(21)23-15-9-5-6-13(10-15)11-16-17(22)20-18(24-16)19-14-7-3-2-4-8-14/h2-11H,1H3,(H,19,20,22)/b16-11-. The monoisotopic (exact) mass is 338 g/mol. The fourth-order valence-electron chi connectivity index (χ4n) is 2.09. The van der Waals surface area contributed by atoms with E-state index in [-0.39, 0.29) is 11.9 Å². The van der Waals surface area contributed by atoms with Crippen LogP contribution < -0.4 is 10.1 Å². The average Bonchev–Trinajstić information content (AvgIpc) is 2.87. The number of carbonyl (C=O) groups is 2. The van der Waals surface area contributed by atoms with Gasteiger partial charge in [0.25, 0.3) is 5.91 Å². The highest BCUT2D eigenvalue weighted by molar-refractivity contribution is 8.18. The lowest BCUT2D eigenvalue weighted by Gasteiger charge is -2.02. The Bertz CT molecular complexity index is 844. The summed E-state index contributed by atoms with van der Waals surface area (Å²) in [6, 6.07) is 16.4. The fraction of sp³-hybridized carbons (Fsp3) is 0.0556. The Morgan fingerprint density at radius 1 is 1.17 bits per heavy atom. The fourth-order valence-corrected chi connectivity index (χ4v) is 2.93. The molecule has 1 aliphatic rings. The first-order chi connectivity index (χ1) is 11.6. The molecule has 5 nitrogen and oxygen atoms in total. The second kappa shape index (κ2) is 7.14. The van der Waals surface area contributed by atoms with E-state index in [2.05, 4.69) is 10.3 Å². The normalized spacial score (nSPS) is 17.1. The molecular weight excluding hydrogens is 324 g/mol. The molecule has 2 aromatic carbocycles. The van der Waals surface area contributed by atoms with Gasteiger partial charge in [-0.2, -0.15) is 0 Å². The van der Waals surface area contributed by atoms with Crippen molar-refractivity contribution in [2.75, 3.05) is 0 Å². The summed E-state index contributed by atoms with van der Waals surface area (Å²) in [5.74, 6) is -0.143. The molecule has 0 atom stereocenters. The molecule has 1 amide bonds. The van der Waals surface area contributed by atoms with Gasteiger partial charge in [0, 0.05) is 6.92 Å².